The van der Waals surface area contributed by atoms with Crippen molar-refractivity contribution in [2.24, 2.45) is 0 Å². The summed E-state index contributed by atoms with van der Waals surface area (Å²) < 4.78 is 57.5. The smallest absolute Gasteiger partial charge is 0.292 e. The van der Waals surface area contributed by atoms with Gasteiger partial charge >= 0.3 is 40.2 Å². The Morgan fingerprint density at radius 1 is 0.862 bits per heavy atom. The third-order valence-corrected chi connectivity index (χ3v) is 2.97. The van der Waals surface area contributed by atoms with E-state index in [1.807, 2.05) is 64.2 Å². The Balaban J connectivity index is -0.000000318. The molecule has 11 radical (unpaired) electrons. The number of hydrogen-bond donors (Lipinski definition) is 1. The van der Waals surface area contributed by atoms with E-state index in [-0.39, 0.29) is 18.6 Å². The first kappa shape index (κ1) is 32.7. The second kappa shape index (κ2) is 16.8. The standard InChI is InChI=1S/C5H7NO4.2C5H5.CHF3O3S.V/c1-3(7)5(4(2)8)6(9)10;2*1-2-4-5-3-1;2-1(3,4)8(5,6)7;/h5H,1-2H3;2*1-5H;(H,5,6,7);/q;;;;+4. The van der Waals surface area contributed by atoms with Gasteiger partial charge in [-0.3, -0.25) is 24.3 Å². The monoisotopic (exact) mass is 476 g/mol. The van der Waals surface area contributed by atoms with E-state index in [1.54, 1.807) is 0 Å². The van der Waals surface area contributed by atoms with Crippen LogP contribution in [0.2, 0.25) is 0 Å². The average molecular weight is 476 g/mol. The van der Waals surface area contributed by atoms with E-state index in [2.05, 4.69) is 0 Å². The van der Waals surface area contributed by atoms with Gasteiger partial charge in [0.1, 0.15) is 0 Å². The second-order valence-electron chi connectivity index (χ2n) is 4.75. The third kappa shape index (κ3) is 18.8. The Kier molecular flexibility index (Phi) is 18.9. The molecule has 0 aliphatic heterocycles. The summed E-state index contributed by atoms with van der Waals surface area (Å²) in [5.74, 6) is -1.45. The minimum absolute atomic E-state index is 0. The van der Waals surface area contributed by atoms with Crippen LogP contribution in [0.25, 0.3) is 0 Å². The predicted octanol–water partition coefficient (Wildman–Crippen LogP) is 2.24. The van der Waals surface area contributed by atoms with Crippen LogP contribution in [0.4, 0.5) is 13.2 Å². The third-order valence-electron chi connectivity index (χ3n) is 2.38. The molecule has 0 aromatic heterocycles. The first-order valence-electron chi connectivity index (χ1n) is 7.23. The number of carbonyl (C=O) groups excluding carboxylic acids is 2. The van der Waals surface area contributed by atoms with E-state index < -0.39 is 38.2 Å². The Labute approximate surface area is 180 Å². The largest absolute Gasteiger partial charge is 4.00 e. The number of ketones is 2. The summed E-state index contributed by atoms with van der Waals surface area (Å²) >= 11 is 0. The molecule has 0 aromatic carbocycles. The van der Waals surface area contributed by atoms with Crippen LogP contribution >= 0.6 is 0 Å². The number of nitrogens with zero attached hydrogens (tertiary/aromatic N) is 1. The maximum atomic E-state index is 10.7. The summed E-state index contributed by atoms with van der Waals surface area (Å²) in [5, 5.41) is 9.95. The molecular formula is C16H18F3NO7SV+4. The molecule has 0 bridgehead atoms. The number of carbonyl (C=O) groups is 2. The summed E-state index contributed by atoms with van der Waals surface area (Å²) in [7, 11) is -5.84. The molecule has 2 aliphatic rings. The summed E-state index contributed by atoms with van der Waals surface area (Å²) in [5.41, 5.74) is -5.53. The fourth-order valence-corrected chi connectivity index (χ4v) is 1.22. The van der Waals surface area contributed by atoms with Crippen molar-refractivity contribution >= 4 is 21.7 Å². The van der Waals surface area contributed by atoms with Gasteiger partial charge in [-0.05, 0) is 64.2 Å². The number of hydrogen-bond acceptors (Lipinski definition) is 6. The van der Waals surface area contributed by atoms with Crippen molar-refractivity contribution in [2.75, 3.05) is 0 Å². The molecule has 0 spiro atoms. The number of alkyl halides is 3. The topological polar surface area (TPSA) is 132 Å². The molecule has 8 nitrogen and oxygen atoms in total. The van der Waals surface area contributed by atoms with Crippen LogP contribution in [0.15, 0.2) is 0 Å². The second-order valence-corrected chi connectivity index (χ2v) is 6.17. The van der Waals surface area contributed by atoms with Gasteiger partial charge in [-0.25, -0.2) is 0 Å². The SMILES string of the molecule is CC(=O)C(C(C)=O)[N+](=O)[O-].O=S(=O)(O)C(F)(F)F.[CH]1[CH][CH][CH][CH]1.[CH]1[CH][CH][CH][CH]1.[V+4]. The van der Waals surface area contributed by atoms with Crippen molar-refractivity contribution in [3.05, 3.63) is 74.3 Å². The molecular weight excluding hydrogens is 458 g/mol. The van der Waals surface area contributed by atoms with E-state index in [0.717, 1.165) is 13.8 Å². The normalized spacial score (nSPS) is 15.4. The van der Waals surface area contributed by atoms with Crippen LogP contribution in [0.1, 0.15) is 13.8 Å². The Hall–Kier alpha value is -0.976. The molecule has 13 heteroatoms. The maximum absolute atomic E-state index is 10.7. The van der Waals surface area contributed by atoms with Crippen molar-refractivity contribution in [3.63, 3.8) is 0 Å². The van der Waals surface area contributed by atoms with Crippen LogP contribution < -0.4 is 0 Å². The molecule has 2 aliphatic carbocycles. The minimum atomic E-state index is -5.84. The molecule has 0 amide bonds. The van der Waals surface area contributed by atoms with Crippen LogP contribution in [0.3, 0.4) is 0 Å². The Bertz CT molecular complexity index is 531. The number of halogens is 3. The zero-order valence-electron chi connectivity index (χ0n) is 15.2. The van der Waals surface area contributed by atoms with E-state index in [1.165, 1.54) is 0 Å². The van der Waals surface area contributed by atoms with Crippen LogP contribution in [-0.2, 0) is 38.3 Å². The Morgan fingerprint density at radius 3 is 1.07 bits per heavy atom. The van der Waals surface area contributed by atoms with Gasteiger partial charge in [-0.15, -0.1) is 0 Å². The summed E-state index contributed by atoms with van der Waals surface area (Å²) in [6.45, 7) is 2.05. The molecule has 0 heterocycles. The Morgan fingerprint density at radius 2 is 1.03 bits per heavy atom. The van der Waals surface area contributed by atoms with Crippen LogP contribution in [0, 0.1) is 74.3 Å². The first-order valence-corrected chi connectivity index (χ1v) is 8.67. The molecule has 0 saturated heterocycles. The van der Waals surface area contributed by atoms with Crippen LogP contribution in [0.5, 0.6) is 0 Å². The zero-order chi connectivity index (χ0) is 22.4. The molecule has 29 heavy (non-hydrogen) atoms. The van der Waals surface area contributed by atoms with Gasteiger partial charge < -0.3 is 0 Å². The number of rotatable bonds is 3. The molecule has 2 rings (SSSR count). The maximum Gasteiger partial charge on any atom is 4.00 e. The van der Waals surface area contributed by atoms with Crippen LogP contribution in [-0.4, -0.2) is 41.0 Å². The zero-order valence-corrected chi connectivity index (χ0v) is 17.4. The van der Waals surface area contributed by atoms with Crippen molar-refractivity contribution < 1.29 is 59.2 Å². The van der Waals surface area contributed by atoms with Crippen molar-refractivity contribution in [3.8, 4) is 0 Å². The molecule has 0 aromatic rings. The van der Waals surface area contributed by atoms with E-state index in [4.69, 9.17) is 13.0 Å². The fourth-order valence-electron chi connectivity index (χ4n) is 1.22. The van der Waals surface area contributed by atoms with Gasteiger partial charge in [-0.2, -0.15) is 21.6 Å². The number of nitro groups is 1. The number of Topliss-reactive ketones (excluding diaryl/α,β-unsaturated/α-hetero) is 2. The molecule has 1 N–H and O–H groups in total. The summed E-state index contributed by atoms with van der Waals surface area (Å²) in [4.78, 5) is 29.8. The molecule has 157 valence electrons. The van der Waals surface area contributed by atoms with E-state index in [0.29, 0.717) is 0 Å². The van der Waals surface area contributed by atoms with Gasteiger partial charge in [0.15, 0.2) is 0 Å². The molecule has 0 atom stereocenters. The van der Waals surface area contributed by atoms with Gasteiger partial charge in [-0.1, -0.05) is 0 Å². The minimum Gasteiger partial charge on any atom is -0.292 e. The average Bonchev–Trinajstić information content (AvgIpc) is 3.24. The summed E-state index contributed by atoms with van der Waals surface area (Å²) in [6.07, 6.45) is 20.0. The molecule has 2 saturated carbocycles. The van der Waals surface area contributed by atoms with Crippen molar-refractivity contribution in [2.45, 2.75) is 25.4 Å². The predicted molar refractivity (Wildman–Crippen MR) is 92.7 cm³/mol. The molecule has 0 unspecified atom stereocenters. The quantitative estimate of drug-likeness (QED) is 0.217. The van der Waals surface area contributed by atoms with Gasteiger partial charge in [0, 0.05) is 18.8 Å². The summed E-state index contributed by atoms with van der Waals surface area (Å²) in [6, 6.07) is -1.67. The van der Waals surface area contributed by atoms with Gasteiger partial charge in [0.05, 0.1) is 0 Å². The first-order chi connectivity index (χ1) is 12.7. The fraction of sp³-hybridized carbons (Fsp3) is 0.250. The molecule has 2 fully saturated rings. The van der Waals surface area contributed by atoms with Crippen molar-refractivity contribution in [1.82, 2.24) is 0 Å². The van der Waals surface area contributed by atoms with Gasteiger partial charge in [0.2, 0.25) is 11.6 Å². The van der Waals surface area contributed by atoms with Crippen molar-refractivity contribution in [1.29, 1.82) is 0 Å². The van der Waals surface area contributed by atoms with Gasteiger partial charge in [0.25, 0.3) is 0 Å². The van der Waals surface area contributed by atoms with E-state index in [9.17, 15) is 32.9 Å². The van der Waals surface area contributed by atoms with E-state index >= 15 is 0 Å².